The van der Waals surface area contributed by atoms with E-state index >= 15 is 0 Å². The molecule has 84 valence electrons. The van der Waals surface area contributed by atoms with E-state index in [1.165, 1.54) is 32.1 Å². The summed E-state index contributed by atoms with van der Waals surface area (Å²) in [5.41, 5.74) is 0. The molecule has 0 bridgehead atoms. The Morgan fingerprint density at radius 2 is 1.93 bits per heavy atom. The van der Waals surface area contributed by atoms with Gasteiger partial charge in [-0.25, -0.2) is 0 Å². The smallest absolute Gasteiger partial charge is 0.122 e. The zero-order valence-corrected chi connectivity index (χ0v) is 9.24. The van der Waals surface area contributed by atoms with Crippen LogP contribution in [0, 0.1) is 11.3 Å². The molecule has 3 nitrogen and oxygen atoms in total. The van der Waals surface area contributed by atoms with Gasteiger partial charge in [-0.05, 0) is 25.7 Å². The number of hydrogen-bond acceptors (Lipinski definition) is 3. The van der Waals surface area contributed by atoms with E-state index < -0.39 is 0 Å². The van der Waals surface area contributed by atoms with Gasteiger partial charge in [-0.1, -0.05) is 19.3 Å². The quantitative estimate of drug-likeness (QED) is 0.771. The molecule has 0 amide bonds. The lowest BCUT2D eigenvalue weighted by atomic mass is 9.94. The van der Waals surface area contributed by atoms with Crippen LogP contribution < -0.4 is 5.32 Å². The molecule has 0 aromatic rings. The molecule has 1 saturated carbocycles. The van der Waals surface area contributed by atoms with Gasteiger partial charge in [0.05, 0.1) is 12.2 Å². The van der Waals surface area contributed by atoms with Crippen LogP contribution in [0.15, 0.2) is 0 Å². The Labute approximate surface area is 91.8 Å². The highest BCUT2D eigenvalue weighted by Gasteiger charge is 2.28. The van der Waals surface area contributed by atoms with Gasteiger partial charge in [0.2, 0.25) is 0 Å². The predicted molar refractivity (Wildman–Crippen MR) is 58.4 cm³/mol. The van der Waals surface area contributed by atoms with Gasteiger partial charge in [-0.15, -0.1) is 0 Å². The Morgan fingerprint density at radius 1 is 1.13 bits per heavy atom. The first kappa shape index (κ1) is 10.9. The summed E-state index contributed by atoms with van der Waals surface area (Å²) >= 11 is 0. The lowest BCUT2D eigenvalue weighted by molar-refractivity contribution is 0.0877. The van der Waals surface area contributed by atoms with E-state index in [-0.39, 0.29) is 12.1 Å². The summed E-state index contributed by atoms with van der Waals surface area (Å²) in [5.74, 6) is 0. The van der Waals surface area contributed by atoms with Crippen molar-refractivity contribution in [2.45, 2.75) is 63.1 Å². The molecule has 1 heterocycles. The van der Waals surface area contributed by atoms with Gasteiger partial charge >= 0.3 is 0 Å². The van der Waals surface area contributed by atoms with Crippen LogP contribution in [-0.4, -0.2) is 24.8 Å². The summed E-state index contributed by atoms with van der Waals surface area (Å²) in [6.45, 7) is 0.829. The Morgan fingerprint density at radius 3 is 2.53 bits per heavy atom. The fourth-order valence-electron chi connectivity index (χ4n) is 2.62. The van der Waals surface area contributed by atoms with Gasteiger partial charge in [0.15, 0.2) is 0 Å². The topological polar surface area (TPSA) is 45.0 Å². The summed E-state index contributed by atoms with van der Waals surface area (Å²) in [5, 5.41) is 12.6. The summed E-state index contributed by atoms with van der Waals surface area (Å²) in [6, 6.07) is 2.82. The second-order valence-electron chi connectivity index (χ2n) is 4.66. The summed E-state index contributed by atoms with van der Waals surface area (Å²) in [4.78, 5) is 0. The molecule has 1 aliphatic heterocycles. The van der Waals surface area contributed by atoms with E-state index in [2.05, 4.69) is 11.4 Å². The van der Waals surface area contributed by atoms with E-state index in [0.717, 1.165) is 19.4 Å². The van der Waals surface area contributed by atoms with Crippen molar-refractivity contribution in [3.8, 4) is 6.07 Å². The van der Waals surface area contributed by atoms with Gasteiger partial charge in [-0.3, -0.25) is 5.32 Å². The van der Waals surface area contributed by atoms with Crippen LogP contribution in [0.4, 0.5) is 0 Å². The normalized spacial score (nSPS) is 29.9. The first-order valence-corrected chi connectivity index (χ1v) is 6.17. The lowest BCUT2D eigenvalue weighted by Crippen LogP contribution is -2.45. The van der Waals surface area contributed by atoms with Gasteiger partial charge in [0.1, 0.15) is 6.04 Å². The number of hydrogen-bond donors (Lipinski definition) is 1. The Balaban J connectivity index is 1.81. The van der Waals surface area contributed by atoms with Gasteiger partial charge in [0.25, 0.3) is 0 Å². The molecule has 2 atom stereocenters. The molecule has 2 rings (SSSR count). The number of nitriles is 1. The Bertz CT molecular complexity index is 224. The van der Waals surface area contributed by atoms with E-state index in [4.69, 9.17) is 10.00 Å². The molecule has 2 unspecified atom stereocenters. The SMILES string of the molecule is N#CC(NC1CCCCC1)C1CCCO1. The third kappa shape index (κ3) is 2.93. The minimum Gasteiger partial charge on any atom is -0.375 e. The Kier molecular flexibility index (Phi) is 3.99. The molecule has 0 radical (unpaired) electrons. The van der Waals surface area contributed by atoms with E-state index in [1.54, 1.807) is 0 Å². The highest BCUT2D eigenvalue weighted by molar-refractivity contribution is 4.99. The maximum atomic E-state index is 9.12. The minimum atomic E-state index is -0.0874. The molecule has 0 spiro atoms. The van der Waals surface area contributed by atoms with Crippen molar-refractivity contribution in [3.63, 3.8) is 0 Å². The number of nitrogens with zero attached hydrogens (tertiary/aromatic N) is 1. The maximum absolute atomic E-state index is 9.12. The molecule has 0 aromatic heterocycles. The fraction of sp³-hybridized carbons (Fsp3) is 0.917. The summed E-state index contributed by atoms with van der Waals surface area (Å²) in [6.07, 6.45) is 8.71. The van der Waals surface area contributed by atoms with Gasteiger partial charge in [0, 0.05) is 12.6 Å². The van der Waals surface area contributed by atoms with Crippen molar-refractivity contribution >= 4 is 0 Å². The Hall–Kier alpha value is -0.590. The van der Waals surface area contributed by atoms with Crippen LogP contribution in [0.25, 0.3) is 0 Å². The molecule has 0 aromatic carbocycles. The predicted octanol–water partition coefficient (Wildman–Crippen LogP) is 1.98. The third-order valence-corrected chi connectivity index (χ3v) is 3.50. The van der Waals surface area contributed by atoms with Crippen LogP contribution in [0.1, 0.15) is 44.9 Å². The molecule has 1 aliphatic carbocycles. The number of nitrogens with one attached hydrogen (secondary N) is 1. The van der Waals surface area contributed by atoms with Gasteiger partial charge in [-0.2, -0.15) is 5.26 Å². The first-order chi connectivity index (χ1) is 7.40. The van der Waals surface area contributed by atoms with Crippen molar-refractivity contribution in [3.05, 3.63) is 0 Å². The molecular weight excluding hydrogens is 188 g/mol. The van der Waals surface area contributed by atoms with Crippen LogP contribution >= 0.6 is 0 Å². The van der Waals surface area contributed by atoms with E-state index in [1.807, 2.05) is 0 Å². The second kappa shape index (κ2) is 5.48. The minimum absolute atomic E-state index is 0.0874. The standard InChI is InChI=1S/C12H20N2O/c13-9-11(12-7-4-8-15-12)14-10-5-2-1-3-6-10/h10-12,14H,1-8H2. The largest absolute Gasteiger partial charge is 0.375 e. The van der Waals surface area contributed by atoms with Crippen LogP contribution in [0.5, 0.6) is 0 Å². The average Bonchev–Trinajstić information content (AvgIpc) is 2.81. The zero-order valence-electron chi connectivity index (χ0n) is 9.24. The molecule has 1 saturated heterocycles. The molecule has 3 heteroatoms. The van der Waals surface area contributed by atoms with Gasteiger partial charge < -0.3 is 4.74 Å². The van der Waals surface area contributed by atoms with E-state index in [9.17, 15) is 0 Å². The fourth-order valence-corrected chi connectivity index (χ4v) is 2.62. The number of ether oxygens (including phenoxy) is 1. The summed E-state index contributed by atoms with van der Waals surface area (Å²) < 4.78 is 5.56. The average molecular weight is 208 g/mol. The highest BCUT2D eigenvalue weighted by Crippen LogP contribution is 2.21. The molecule has 1 N–H and O–H groups in total. The third-order valence-electron chi connectivity index (χ3n) is 3.50. The molecule has 2 aliphatic rings. The highest BCUT2D eigenvalue weighted by atomic mass is 16.5. The molecule has 15 heavy (non-hydrogen) atoms. The zero-order chi connectivity index (χ0) is 10.5. The van der Waals surface area contributed by atoms with Crippen molar-refractivity contribution < 1.29 is 4.74 Å². The monoisotopic (exact) mass is 208 g/mol. The lowest BCUT2D eigenvalue weighted by Gasteiger charge is -2.27. The first-order valence-electron chi connectivity index (χ1n) is 6.17. The van der Waals surface area contributed by atoms with Crippen LogP contribution in [-0.2, 0) is 4.74 Å². The second-order valence-corrected chi connectivity index (χ2v) is 4.66. The maximum Gasteiger partial charge on any atom is 0.122 e. The van der Waals surface area contributed by atoms with Crippen molar-refractivity contribution in [2.24, 2.45) is 0 Å². The molecular formula is C12H20N2O. The molecule has 2 fully saturated rings. The van der Waals surface area contributed by atoms with Crippen LogP contribution in [0.3, 0.4) is 0 Å². The number of rotatable bonds is 3. The van der Waals surface area contributed by atoms with E-state index in [0.29, 0.717) is 6.04 Å². The summed E-state index contributed by atoms with van der Waals surface area (Å²) in [7, 11) is 0. The van der Waals surface area contributed by atoms with Crippen molar-refractivity contribution in [2.75, 3.05) is 6.61 Å². The van der Waals surface area contributed by atoms with Crippen molar-refractivity contribution in [1.29, 1.82) is 5.26 Å². The van der Waals surface area contributed by atoms with Crippen molar-refractivity contribution in [1.82, 2.24) is 5.32 Å². The van der Waals surface area contributed by atoms with Crippen LogP contribution in [0.2, 0.25) is 0 Å².